The normalized spacial score (nSPS) is 16.8. The molecule has 2 aliphatic heterocycles. The Labute approximate surface area is 542 Å². The molecule has 0 unspecified atom stereocenters. The summed E-state index contributed by atoms with van der Waals surface area (Å²) in [6.07, 6.45) is 7.16. The number of nitrogens with two attached hydrogens (primary N) is 3. The highest BCUT2D eigenvalue weighted by atomic mass is 16.3. The number of aromatic amines is 2. The minimum atomic E-state index is -1.76. The average Bonchev–Trinajstić information content (AvgIpc) is 1.53. The first kappa shape index (κ1) is 69.7. The predicted molar refractivity (Wildman–Crippen MR) is 348 cm³/mol. The number of nitrogens with zero attached hydrogens (tertiary/aromatic N) is 5. The predicted octanol–water partition coefficient (Wildman–Crippen LogP) is -0.462. The molecule has 29 nitrogen and oxygen atoms in total. The van der Waals surface area contributed by atoms with E-state index < -0.39 is 108 Å². The van der Waals surface area contributed by atoms with E-state index >= 15 is 9.59 Å². The van der Waals surface area contributed by atoms with Crippen LogP contribution in [0.5, 0.6) is 5.75 Å². The quantitative estimate of drug-likeness (QED) is 0.0149. The summed E-state index contributed by atoms with van der Waals surface area (Å²) in [5.74, 6) is -7.07. The fraction of sp³-hybridized carbons (Fsp3) is 0.446. The van der Waals surface area contributed by atoms with Crippen molar-refractivity contribution >= 4 is 86.8 Å². The highest BCUT2D eigenvalue weighted by Gasteiger charge is 2.41. The van der Waals surface area contributed by atoms with Gasteiger partial charge in [0, 0.05) is 99.2 Å². The topological polar surface area (TPSA) is 442 Å². The summed E-state index contributed by atoms with van der Waals surface area (Å²) in [7, 11) is 1.41. The van der Waals surface area contributed by atoms with E-state index in [1.807, 2.05) is 50.2 Å². The molecular weight excluding hydrogens is 1210 g/mol. The number of rotatable bonds is 31. The largest absolute Gasteiger partial charge is 0.508 e. The first-order valence-electron chi connectivity index (χ1n) is 31.5. The molecule has 2 fully saturated rings. The maximum Gasteiger partial charge on any atom is 0.254 e. The maximum absolute atomic E-state index is 15.4. The van der Waals surface area contributed by atoms with Crippen LogP contribution in [0.15, 0.2) is 103 Å². The minimum absolute atomic E-state index is 0.0722. The number of aliphatic imine (C=N–C) groups is 1. The van der Waals surface area contributed by atoms with Crippen molar-refractivity contribution in [3.63, 3.8) is 0 Å². The van der Waals surface area contributed by atoms with Crippen molar-refractivity contribution < 1.29 is 58.2 Å². The molecular formula is C65H85N17O12. The monoisotopic (exact) mass is 1300 g/mol. The molecule has 0 saturated carbocycles. The van der Waals surface area contributed by atoms with E-state index in [2.05, 4.69) is 57.2 Å². The summed E-state index contributed by atoms with van der Waals surface area (Å²) in [6, 6.07) is 8.83. The molecule has 94 heavy (non-hydrogen) atoms. The number of imidazole rings is 1. The molecule has 0 radical (unpaired) electrons. The number of hydrogen-bond acceptors (Lipinski definition) is 15. The van der Waals surface area contributed by atoms with Crippen LogP contribution in [0.1, 0.15) is 92.9 Å². The SMILES string of the molecule is CCNC(=O)[C@@H]1CCCN1C(=O)[C@H](CCCN=C(N)N)NC(=O)[C@H](CC(C)C)N(C)C(=O)[C@@H](Cc1c[nH]c2ccccc12)NC(=O)[C@H](Cc1ccc(O)cc1)NC(=O)[C@H](CO)NC(=O)[C@H](Cc1c[nH]c2ccccc12)NC(=O)[C@@H](N)Cc1cn(C(=O)[C@@H]2CCC(=O)N2)cn1. The van der Waals surface area contributed by atoms with Gasteiger partial charge in [-0.2, -0.15) is 0 Å². The van der Waals surface area contributed by atoms with Gasteiger partial charge in [-0.3, -0.25) is 57.5 Å². The van der Waals surface area contributed by atoms with Crippen LogP contribution in [0.2, 0.25) is 0 Å². The first-order chi connectivity index (χ1) is 45.0. The fourth-order valence-electron chi connectivity index (χ4n) is 11.8. The average molecular weight is 1300 g/mol. The number of phenolic OH excluding ortho intramolecular Hbond substituents is 1. The second kappa shape index (κ2) is 32.4. The Morgan fingerprint density at radius 1 is 0.745 bits per heavy atom. The summed E-state index contributed by atoms with van der Waals surface area (Å²) in [5.41, 5.74) is 20.9. The molecule has 9 amide bonds. The summed E-state index contributed by atoms with van der Waals surface area (Å²) in [4.78, 5) is 158. The number of amides is 9. The van der Waals surface area contributed by atoms with E-state index in [0.29, 0.717) is 42.5 Å². The fourth-order valence-corrected chi connectivity index (χ4v) is 11.8. The van der Waals surface area contributed by atoms with Crippen LogP contribution in [-0.2, 0) is 68.8 Å². The van der Waals surface area contributed by atoms with E-state index in [9.17, 15) is 48.6 Å². The first-order valence-corrected chi connectivity index (χ1v) is 31.5. The van der Waals surface area contributed by atoms with E-state index in [4.69, 9.17) is 17.2 Å². The van der Waals surface area contributed by atoms with Crippen LogP contribution in [0, 0.1) is 5.92 Å². The molecule has 2 aliphatic rings. The standard InChI is InChI=1S/C65H85N17O12/c1-5-69-60(90)53-17-11-25-82(53)64(94)47(16-10-24-70-65(67)68)75-61(91)54(26-36(2)3)80(4)62(92)51(29-39-32-72-46-15-9-7-13-43(39)46)78-57(87)49(27-37-18-20-41(84)21-19-37)77-59(89)52(34-83)79-58(88)50(28-38-31-71-45-14-8-6-12-42(38)45)76-56(86)44(66)30-40-33-81(35-73-40)63(93)48-22-23-55(85)74-48/h6-9,12-15,18-21,31-33,35-36,44,47-54,71-72,83-84H,5,10-11,16-17,22-30,34,66H2,1-4H3,(H,69,90)(H,74,85)(H,75,91)(H,76,86)(H,77,89)(H,78,87)(H,79,88)(H4,67,68,70)/t44-,47-,48-,49-,50-,51+,52-,53-,54-/m0/s1. The zero-order chi connectivity index (χ0) is 67.8. The van der Waals surface area contributed by atoms with Crippen molar-refractivity contribution in [2.24, 2.45) is 28.1 Å². The number of aliphatic hydroxyl groups excluding tert-OH is 1. The number of phenols is 1. The number of carbonyl (C=O) groups excluding carboxylic acids is 10. The zero-order valence-corrected chi connectivity index (χ0v) is 53.1. The number of benzene rings is 3. The molecule has 8 rings (SSSR count). The second-order valence-corrected chi connectivity index (χ2v) is 24.2. The van der Waals surface area contributed by atoms with Gasteiger partial charge in [0.05, 0.1) is 18.3 Å². The Morgan fingerprint density at radius 2 is 1.33 bits per heavy atom. The number of para-hydroxylation sites is 2. The van der Waals surface area contributed by atoms with Crippen LogP contribution in [0.4, 0.5) is 0 Å². The van der Waals surface area contributed by atoms with Crippen molar-refractivity contribution in [2.75, 3.05) is 33.3 Å². The number of hydrogen-bond donors (Lipinski definition) is 14. The number of aromatic nitrogens is 4. The molecule has 6 aromatic rings. The number of likely N-dealkylation sites (tertiary alicyclic amines) is 1. The van der Waals surface area contributed by atoms with Gasteiger partial charge in [-0.25, -0.2) is 4.98 Å². The van der Waals surface area contributed by atoms with E-state index in [1.54, 1.807) is 31.5 Å². The van der Waals surface area contributed by atoms with E-state index in [0.717, 1.165) is 21.8 Å². The van der Waals surface area contributed by atoms with Crippen LogP contribution < -0.4 is 54.4 Å². The van der Waals surface area contributed by atoms with Crippen LogP contribution >= 0.6 is 0 Å². The van der Waals surface area contributed by atoms with Gasteiger partial charge in [-0.1, -0.05) is 62.4 Å². The zero-order valence-electron chi connectivity index (χ0n) is 53.1. The van der Waals surface area contributed by atoms with Crippen molar-refractivity contribution in [1.29, 1.82) is 0 Å². The minimum Gasteiger partial charge on any atom is -0.508 e. The van der Waals surface area contributed by atoms with Gasteiger partial charge in [0.2, 0.25) is 53.2 Å². The number of fused-ring (bicyclic) bond motifs is 2. The molecule has 0 aliphatic carbocycles. The maximum atomic E-state index is 15.4. The van der Waals surface area contributed by atoms with E-state index in [-0.39, 0.29) is 99.6 Å². The van der Waals surface area contributed by atoms with Crippen LogP contribution in [-0.4, -0.2) is 192 Å². The lowest BCUT2D eigenvalue weighted by molar-refractivity contribution is -0.145. The summed E-state index contributed by atoms with van der Waals surface area (Å²) in [6.45, 7) is 5.21. The number of aromatic hydroxyl groups is 1. The molecule has 5 heterocycles. The summed E-state index contributed by atoms with van der Waals surface area (Å²) < 4.78 is 1.20. The van der Waals surface area contributed by atoms with Crippen molar-refractivity contribution in [3.8, 4) is 5.75 Å². The Kier molecular flexibility index (Phi) is 24.0. The Balaban J connectivity index is 1.04. The lowest BCUT2D eigenvalue weighted by Gasteiger charge is -2.34. The molecule has 17 N–H and O–H groups in total. The van der Waals surface area contributed by atoms with Gasteiger partial charge in [0.25, 0.3) is 5.91 Å². The smallest absolute Gasteiger partial charge is 0.254 e. The van der Waals surface area contributed by atoms with Crippen LogP contribution in [0.3, 0.4) is 0 Å². The number of carbonyl (C=O) groups is 10. The van der Waals surface area contributed by atoms with Gasteiger partial charge in [0.15, 0.2) is 5.96 Å². The number of H-pyrrole nitrogens is 2. The van der Waals surface area contributed by atoms with Gasteiger partial charge in [-0.05, 0) is 92.3 Å². The third-order valence-electron chi connectivity index (χ3n) is 16.8. The molecule has 3 aromatic heterocycles. The second-order valence-electron chi connectivity index (χ2n) is 24.2. The molecule has 502 valence electrons. The Bertz CT molecular complexity index is 3730. The molecule has 9 atom stereocenters. The number of guanidine groups is 1. The van der Waals surface area contributed by atoms with Gasteiger partial charge in [0.1, 0.15) is 60.4 Å². The van der Waals surface area contributed by atoms with Gasteiger partial charge >= 0.3 is 0 Å². The third-order valence-corrected chi connectivity index (χ3v) is 16.8. The third kappa shape index (κ3) is 18.1. The number of nitrogens with one attached hydrogen (secondary N) is 9. The van der Waals surface area contributed by atoms with Crippen LogP contribution in [0.25, 0.3) is 21.8 Å². The van der Waals surface area contributed by atoms with Gasteiger partial charge < -0.3 is 84.4 Å². The summed E-state index contributed by atoms with van der Waals surface area (Å²) >= 11 is 0. The molecule has 0 bridgehead atoms. The summed E-state index contributed by atoms with van der Waals surface area (Å²) in [5, 5.41) is 41.6. The molecule has 3 aromatic carbocycles. The lowest BCUT2D eigenvalue weighted by atomic mass is 9.98. The van der Waals surface area contributed by atoms with Crippen molar-refractivity contribution in [1.82, 2.24) is 66.5 Å². The molecule has 0 spiro atoms. The lowest BCUT2D eigenvalue weighted by Crippen LogP contribution is -2.61. The van der Waals surface area contributed by atoms with Crippen molar-refractivity contribution in [2.45, 2.75) is 146 Å². The Morgan fingerprint density at radius 3 is 1.94 bits per heavy atom. The van der Waals surface area contributed by atoms with E-state index in [1.165, 1.54) is 58.2 Å². The Hall–Kier alpha value is -10.2. The molecule has 29 heteroatoms. The van der Waals surface area contributed by atoms with Crippen molar-refractivity contribution in [3.05, 3.63) is 120 Å². The number of aliphatic hydroxyl groups is 1. The molecule has 2 saturated heterocycles. The highest BCUT2D eigenvalue weighted by molar-refractivity contribution is 5.99. The van der Waals surface area contributed by atoms with Gasteiger partial charge in [-0.15, -0.1) is 0 Å². The highest BCUT2D eigenvalue weighted by Crippen LogP contribution is 2.25. The number of likely N-dealkylation sites (N-methyl/N-ethyl adjacent to an activating group) is 2.